The van der Waals surface area contributed by atoms with Crippen molar-refractivity contribution < 1.29 is 4.92 Å². The third-order valence-corrected chi connectivity index (χ3v) is 4.13. The number of nitro groups is 1. The van der Waals surface area contributed by atoms with Crippen molar-refractivity contribution in [2.45, 2.75) is 38.6 Å². The zero-order valence-corrected chi connectivity index (χ0v) is 14.6. The van der Waals surface area contributed by atoms with Crippen molar-refractivity contribution >= 4 is 17.3 Å². The second-order valence-electron chi connectivity index (χ2n) is 7.22. The smallest absolute Gasteiger partial charge is 0.287 e. The minimum absolute atomic E-state index is 0.00528. The van der Waals surface area contributed by atoms with E-state index in [0.717, 1.165) is 31.2 Å². The van der Waals surface area contributed by atoms with Gasteiger partial charge in [0.15, 0.2) is 0 Å². The fraction of sp³-hybridized carbons (Fsp3) is 0.471. The lowest BCUT2D eigenvalue weighted by Gasteiger charge is -2.21. The second-order valence-corrected chi connectivity index (χ2v) is 7.22. The van der Waals surface area contributed by atoms with Crippen LogP contribution in [0.2, 0.25) is 0 Å². The first kappa shape index (κ1) is 17.1. The summed E-state index contributed by atoms with van der Waals surface area (Å²) in [4.78, 5) is 25.6. The summed E-state index contributed by atoms with van der Waals surface area (Å²) in [6.07, 6.45) is 4.03. The van der Waals surface area contributed by atoms with E-state index in [2.05, 4.69) is 41.0 Å². The predicted molar refractivity (Wildman–Crippen MR) is 95.9 cm³/mol. The van der Waals surface area contributed by atoms with Crippen molar-refractivity contribution in [2.24, 2.45) is 0 Å². The lowest BCUT2D eigenvalue weighted by atomic mass is 9.96. The summed E-state index contributed by atoms with van der Waals surface area (Å²) < 4.78 is 0. The van der Waals surface area contributed by atoms with Gasteiger partial charge in [-0.05, 0) is 18.6 Å². The summed E-state index contributed by atoms with van der Waals surface area (Å²) in [6.45, 7) is 7.99. The van der Waals surface area contributed by atoms with E-state index >= 15 is 0 Å². The Balaban J connectivity index is 1.65. The van der Waals surface area contributed by atoms with Crippen molar-refractivity contribution in [3.05, 3.63) is 46.5 Å². The first-order valence-electron chi connectivity index (χ1n) is 8.28. The fourth-order valence-electron chi connectivity index (χ4n) is 2.76. The van der Waals surface area contributed by atoms with E-state index in [-0.39, 0.29) is 17.1 Å². The maximum Gasteiger partial charge on any atom is 0.287 e. The number of hydrogen-bond acceptors (Lipinski definition) is 7. The molecular formula is C17H22N6O2. The largest absolute Gasteiger partial charge is 0.365 e. The number of pyridine rings is 1. The van der Waals surface area contributed by atoms with Gasteiger partial charge in [0.05, 0.1) is 4.92 Å². The number of hydrogen-bond donors (Lipinski definition) is 1. The molecule has 3 heterocycles. The summed E-state index contributed by atoms with van der Waals surface area (Å²) in [5.41, 5.74) is -0.0925. The Morgan fingerprint density at radius 2 is 2.08 bits per heavy atom. The monoisotopic (exact) mass is 342 g/mol. The lowest BCUT2D eigenvalue weighted by Crippen LogP contribution is -2.28. The molecule has 0 saturated carbocycles. The van der Waals surface area contributed by atoms with Gasteiger partial charge in [0.25, 0.3) is 5.69 Å². The zero-order valence-electron chi connectivity index (χ0n) is 14.6. The van der Waals surface area contributed by atoms with Crippen LogP contribution in [-0.4, -0.2) is 39.0 Å². The van der Waals surface area contributed by atoms with Crippen LogP contribution in [0.5, 0.6) is 0 Å². The molecule has 0 amide bonds. The Bertz CT molecular complexity index is 756. The summed E-state index contributed by atoms with van der Waals surface area (Å²) in [6, 6.07) is 5.26. The standard InChI is InChI=1S/C17H22N6O2/c1-17(2,3)16-18-8-6-15(21-16)22-9-7-12(11-22)20-14-5-4-13(10-19-14)23(24)25/h4-6,8,10,12H,7,9,11H2,1-3H3,(H,19,20)/t12-/m0/s1. The maximum absolute atomic E-state index is 10.7. The second kappa shape index (κ2) is 6.62. The van der Waals surface area contributed by atoms with E-state index in [4.69, 9.17) is 4.98 Å². The quantitative estimate of drug-likeness (QED) is 0.674. The van der Waals surface area contributed by atoms with Gasteiger partial charge in [-0.15, -0.1) is 0 Å². The van der Waals surface area contributed by atoms with Gasteiger partial charge in [-0.1, -0.05) is 20.8 Å². The van der Waals surface area contributed by atoms with E-state index in [1.165, 1.54) is 12.3 Å². The van der Waals surface area contributed by atoms with Crippen LogP contribution < -0.4 is 10.2 Å². The maximum atomic E-state index is 10.7. The SMILES string of the molecule is CC(C)(C)c1nccc(N2CC[C@H](Nc3ccc([N+](=O)[O-])cn3)C2)n1. The molecule has 1 atom stereocenters. The highest BCUT2D eigenvalue weighted by Crippen LogP contribution is 2.24. The highest BCUT2D eigenvalue weighted by Gasteiger charge is 2.25. The summed E-state index contributed by atoms with van der Waals surface area (Å²) in [5.74, 6) is 2.41. The van der Waals surface area contributed by atoms with Crippen LogP contribution in [0, 0.1) is 10.1 Å². The molecule has 1 fully saturated rings. The molecule has 2 aromatic rings. The summed E-state index contributed by atoms with van der Waals surface area (Å²) in [5, 5.41) is 14.0. The van der Waals surface area contributed by atoms with Gasteiger partial charge in [0.2, 0.25) is 0 Å². The van der Waals surface area contributed by atoms with Crippen LogP contribution in [0.15, 0.2) is 30.6 Å². The zero-order chi connectivity index (χ0) is 18.0. The topological polar surface area (TPSA) is 97.1 Å². The van der Waals surface area contributed by atoms with Crippen LogP contribution in [0.1, 0.15) is 33.0 Å². The van der Waals surface area contributed by atoms with Gasteiger partial charge in [-0.3, -0.25) is 10.1 Å². The molecule has 3 rings (SSSR count). The first-order chi connectivity index (χ1) is 11.8. The molecule has 1 aliphatic rings. The van der Waals surface area contributed by atoms with Crippen LogP contribution in [0.4, 0.5) is 17.3 Å². The van der Waals surface area contributed by atoms with E-state index in [0.29, 0.717) is 5.82 Å². The van der Waals surface area contributed by atoms with Gasteiger partial charge in [0, 0.05) is 36.8 Å². The predicted octanol–water partition coefficient (Wildman–Crippen LogP) is 2.77. The summed E-state index contributed by atoms with van der Waals surface area (Å²) >= 11 is 0. The first-order valence-corrected chi connectivity index (χ1v) is 8.28. The van der Waals surface area contributed by atoms with E-state index < -0.39 is 4.92 Å². The molecule has 8 heteroatoms. The highest BCUT2D eigenvalue weighted by atomic mass is 16.6. The molecule has 1 aliphatic heterocycles. The van der Waals surface area contributed by atoms with Crippen molar-refractivity contribution in [3.8, 4) is 0 Å². The van der Waals surface area contributed by atoms with Gasteiger partial charge in [-0.25, -0.2) is 15.0 Å². The van der Waals surface area contributed by atoms with Crippen LogP contribution >= 0.6 is 0 Å². The van der Waals surface area contributed by atoms with E-state index in [1.54, 1.807) is 6.07 Å². The van der Waals surface area contributed by atoms with Crippen LogP contribution in [-0.2, 0) is 5.41 Å². The van der Waals surface area contributed by atoms with E-state index in [9.17, 15) is 10.1 Å². The Hall–Kier alpha value is -2.77. The van der Waals surface area contributed by atoms with Crippen molar-refractivity contribution in [1.82, 2.24) is 15.0 Å². The molecular weight excluding hydrogens is 320 g/mol. The molecule has 1 N–H and O–H groups in total. The molecule has 1 saturated heterocycles. The molecule has 0 spiro atoms. The number of nitrogens with one attached hydrogen (secondary N) is 1. The minimum Gasteiger partial charge on any atom is -0.365 e. The molecule has 2 aromatic heterocycles. The lowest BCUT2D eigenvalue weighted by molar-refractivity contribution is -0.385. The average molecular weight is 342 g/mol. The number of anilines is 2. The number of nitrogens with zero attached hydrogens (tertiary/aromatic N) is 5. The van der Waals surface area contributed by atoms with Crippen molar-refractivity contribution in [1.29, 1.82) is 0 Å². The third kappa shape index (κ3) is 4.01. The Morgan fingerprint density at radius 3 is 2.72 bits per heavy atom. The molecule has 132 valence electrons. The third-order valence-electron chi connectivity index (χ3n) is 4.13. The van der Waals surface area contributed by atoms with Gasteiger partial charge in [-0.2, -0.15) is 0 Å². The van der Waals surface area contributed by atoms with Crippen molar-refractivity contribution in [3.63, 3.8) is 0 Å². The van der Waals surface area contributed by atoms with E-state index in [1.807, 2.05) is 12.3 Å². The molecule has 0 radical (unpaired) electrons. The van der Waals surface area contributed by atoms with Crippen molar-refractivity contribution in [2.75, 3.05) is 23.3 Å². The van der Waals surface area contributed by atoms with Gasteiger partial charge in [0.1, 0.15) is 23.7 Å². The van der Waals surface area contributed by atoms with Gasteiger partial charge < -0.3 is 10.2 Å². The molecule has 25 heavy (non-hydrogen) atoms. The molecule has 0 aliphatic carbocycles. The molecule has 0 unspecified atom stereocenters. The number of rotatable bonds is 4. The fourth-order valence-corrected chi connectivity index (χ4v) is 2.76. The molecule has 0 aromatic carbocycles. The summed E-state index contributed by atoms with van der Waals surface area (Å²) in [7, 11) is 0. The highest BCUT2D eigenvalue weighted by molar-refractivity contribution is 5.44. The Kier molecular flexibility index (Phi) is 4.52. The average Bonchev–Trinajstić information content (AvgIpc) is 3.03. The Morgan fingerprint density at radius 1 is 1.28 bits per heavy atom. The number of aromatic nitrogens is 3. The van der Waals surface area contributed by atoms with Gasteiger partial charge >= 0.3 is 0 Å². The molecule has 8 nitrogen and oxygen atoms in total. The normalized spacial score (nSPS) is 17.6. The van der Waals surface area contributed by atoms with Crippen LogP contribution in [0.3, 0.4) is 0 Å². The van der Waals surface area contributed by atoms with Crippen LogP contribution in [0.25, 0.3) is 0 Å². The Labute approximate surface area is 146 Å². The molecule has 0 bridgehead atoms. The minimum atomic E-state index is -0.448.